The van der Waals surface area contributed by atoms with Crippen molar-refractivity contribution < 1.29 is 9.84 Å². The average molecular weight is 371 g/mol. The maximum absolute atomic E-state index is 9.89. The van der Waals surface area contributed by atoms with Crippen LogP contribution < -0.4 is 5.32 Å². The summed E-state index contributed by atoms with van der Waals surface area (Å²) < 4.78 is 6.80. The molecule has 0 bridgehead atoms. The Kier molecular flexibility index (Phi) is 5.88. The van der Waals surface area contributed by atoms with Crippen molar-refractivity contribution in [2.24, 2.45) is 0 Å². The van der Waals surface area contributed by atoms with Crippen LogP contribution in [0.1, 0.15) is 33.3 Å². The number of benzene rings is 1. The van der Waals surface area contributed by atoms with Gasteiger partial charge in [0, 0.05) is 41.8 Å². The first-order valence-corrected chi connectivity index (χ1v) is 8.66. The molecule has 1 aromatic rings. The topological polar surface area (TPSA) is 44.7 Å². The Bertz CT molecular complexity index is 497. The van der Waals surface area contributed by atoms with E-state index < -0.39 is 0 Å². The highest BCUT2D eigenvalue weighted by atomic mass is 79.9. The molecule has 1 aromatic carbocycles. The van der Waals surface area contributed by atoms with Crippen LogP contribution in [0.25, 0.3) is 0 Å². The van der Waals surface area contributed by atoms with Crippen molar-refractivity contribution in [3.63, 3.8) is 0 Å². The number of nitrogens with one attached hydrogen (secondary N) is 1. The van der Waals surface area contributed by atoms with Crippen LogP contribution in [-0.2, 0) is 11.3 Å². The molecule has 2 rings (SSSR count). The summed E-state index contributed by atoms with van der Waals surface area (Å²) >= 11 is 3.44. The molecule has 124 valence electrons. The molecule has 1 fully saturated rings. The van der Waals surface area contributed by atoms with Gasteiger partial charge in [0.25, 0.3) is 0 Å². The molecule has 0 aromatic heterocycles. The lowest BCUT2D eigenvalue weighted by molar-refractivity contribution is -0.0952. The lowest BCUT2D eigenvalue weighted by Crippen LogP contribution is -2.58. The second-order valence-corrected chi connectivity index (χ2v) is 7.77. The number of halogens is 1. The SMILES string of the molecule is CC1CN(C(C)(C)CNCc2cc(Br)ccc2O)CC(C)O1. The van der Waals surface area contributed by atoms with Gasteiger partial charge in [-0.25, -0.2) is 0 Å². The van der Waals surface area contributed by atoms with Crippen LogP contribution >= 0.6 is 15.9 Å². The van der Waals surface area contributed by atoms with Crippen molar-refractivity contribution in [2.45, 2.75) is 52.0 Å². The van der Waals surface area contributed by atoms with Gasteiger partial charge in [-0.2, -0.15) is 0 Å². The summed E-state index contributed by atoms with van der Waals surface area (Å²) in [6.45, 7) is 12.2. The second kappa shape index (κ2) is 7.30. The van der Waals surface area contributed by atoms with E-state index in [-0.39, 0.29) is 17.7 Å². The lowest BCUT2D eigenvalue weighted by Gasteiger charge is -2.45. The van der Waals surface area contributed by atoms with Gasteiger partial charge in [-0.3, -0.25) is 4.90 Å². The van der Waals surface area contributed by atoms with Gasteiger partial charge in [0.05, 0.1) is 12.2 Å². The molecule has 2 unspecified atom stereocenters. The van der Waals surface area contributed by atoms with Crippen LogP contribution in [0.2, 0.25) is 0 Å². The van der Waals surface area contributed by atoms with E-state index in [4.69, 9.17) is 4.74 Å². The summed E-state index contributed by atoms with van der Waals surface area (Å²) in [5.74, 6) is 0.335. The number of aromatic hydroxyl groups is 1. The molecule has 1 aliphatic heterocycles. The van der Waals surface area contributed by atoms with Gasteiger partial charge < -0.3 is 15.2 Å². The number of ether oxygens (including phenoxy) is 1. The zero-order chi connectivity index (χ0) is 16.3. The van der Waals surface area contributed by atoms with E-state index in [0.29, 0.717) is 12.3 Å². The van der Waals surface area contributed by atoms with Gasteiger partial charge in [-0.15, -0.1) is 0 Å². The molecule has 4 nitrogen and oxygen atoms in total. The van der Waals surface area contributed by atoms with Crippen LogP contribution in [0.4, 0.5) is 0 Å². The van der Waals surface area contributed by atoms with E-state index in [1.165, 1.54) is 0 Å². The van der Waals surface area contributed by atoms with Gasteiger partial charge in [0.1, 0.15) is 5.75 Å². The molecule has 0 aliphatic carbocycles. The molecule has 1 aliphatic rings. The lowest BCUT2D eigenvalue weighted by atomic mass is 10.00. The van der Waals surface area contributed by atoms with Gasteiger partial charge in [0.15, 0.2) is 0 Å². The van der Waals surface area contributed by atoms with E-state index in [1.54, 1.807) is 6.07 Å². The number of rotatable bonds is 5. The van der Waals surface area contributed by atoms with Crippen molar-refractivity contribution in [1.82, 2.24) is 10.2 Å². The van der Waals surface area contributed by atoms with Crippen LogP contribution in [0.3, 0.4) is 0 Å². The molecule has 5 heteroatoms. The Morgan fingerprint density at radius 2 is 1.95 bits per heavy atom. The fourth-order valence-corrected chi connectivity index (χ4v) is 3.39. The first-order valence-electron chi connectivity index (χ1n) is 7.86. The molecule has 2 atom stereocenters. The summed E-state index contributed by atoms with van der Waals surface area (Å²) in [4.78, 5) is 2.49. The van der Waals surface area contributed by atoms with E-state index >= 15 is 0 Å². The van der Waals surface area contributed by atoms with E-state index in [0.717, 1.165) is 29.7 Å². The molecule has 0 saturated carbocycles. The minimum Gasteiger partial charge on any atom is -0.508 e. The maximum Gasteiger partial charge on any atom is 0.120 e. The number of phenolic OH excluding ortho intramolecular Hbond substituents is 1. The summed E-state index contributed by atoms with van der Waals surface area (Å²) in [6.07, 6.45) is 0.550. The number of phenols is 1. The van der Waals surface area contributed by atoms with Gasteiger partial charge >= 0.3 is 0 Å². The van der Waals surface area contributed by atoms with Crippen molar-refractivity contribution in [2.75, 3.05) is 19.6 Å². The predicted molar refractivity (Wildman–Crippen MR) is 93.2 cm³/mol. The highest BCUT2D eigenvalue weighted by Gasteiger charge is 2.32. The minimum absolute atomic E-state index is 0.0495. The van der Waals surface area contributed by atoms with Crippen LogP contribution in [0.15, 0.2) is 22.7 Å². The predicted octanol–water partition coefficient (Wildman–Crippen LogP) is 3.13. The van der Waals surface area contributed by atoms with Crippen molar-refractivity contribution >= 4 is 15.9 Å². The molecular formula is C17H27BrN2O2. The number of morpholine rings is 1. The Labute approximate surface area is 142 Å². The van der Waals surface area contributed by atoms with E-state index in [1.807, 2.05) is 12.1 Å². The summed E-state index contributed by atoms with van der Waals surface area (Å²) in [6, 6.07) is 5.52. The quantitative estimate of drug-likeness (QED) is 0.835. The minimum atomic E-state index is 0.0495. The fraction of sp³-hybridized carbons (Fsp3) is 0.647. The first-order chi connectivity index (χ1) is 10.3. The Hall–Kier alpha value is -0.620. The van der Waals surface area contributed by atoms with Crippen LogP contribution in [0.5, 0.6) is 5.75 Å². The van der Waals surface area contributed by atoms with E-state index in [2.05, 4.69) is 53.8 Å². The van der Waals surface area contributed by atoms with Crippen LogP contribution in [0, 0.1) is 0 Å². The van der Waals surface area contributed by atoms with Gasteiger partial charge in [-0.05, 0) is 45.9 Å². The molecule has 22 heavy (non-hydrogen) atoms. The monoisotopic (exact) mass is 370 g/mol. The van der Waals surface area contributed by atoms with Gasteiger partial charge in [-0.1, -0.05) is 15.9 Å². The standard InChI is InChI=1S/C17H27BrN2O2/c1-12-9-20(10-13(2)22-12)17(3,4)11-19-8-14-7-15(18)5-6-16(14)21/h5-7,12-13,19,21H,8-11H2,1-4H3. The fourth-order valence-electron chi connectivity index (χ4n) is 2.98. The van der Waals surface area contributed by atoms with Crippen LogP contribution in [-0.4, -0.2) is 47.4 Å². The molecular weight excluding hydrogens is 344 g/mol. The molecule has 0 amide bonds. The number of hydrogen-bond acceptors (Lipinski definition) is 4. The Morgan fingerprint density at radius 1 is 1.32 bits per heavy atom. The first kappa shape index (κ1) is 17.7. The molecule has 0 spiro atoms. The zero-order valence-corrected chi connectivity index (χ0v) is 15.5. The third-order valence-electron chi connectivity index (χ3n) is 4.19. The highest BCUT2D eigenvalue weighted by Crippen LogP contribution is 2.23. The largest absolute Gasteiger partial charge is 0.508 e. The molecule has 1 heterocycles. The molecule has 2 N–H and O–H groups in total. The van der Waals surface area contributed by atoms with E-state index in [9.17, 15) is 5.11 Å². The highest BCUT2D eigenvalue weighted by molar-refractivity contribution is 9.10. The molecule has 1 saturated heterocycles. The van der Waals surface area contributed by atoms with Gasteiger partial charge in [0.2, 0.25) is 0 Å². The maximum atomic E-state index is 9.89. The summed E-state index contributed by atoms with van der Waals surface area (Å²) in [7, 11) is 0. The van der Waals surface area contributed by atoms with Crippen molar-refractivity contribution in [1.29, 1.82) is 0 Å². The van der Waals surface area contributed by atoms with Crippen molar-refractivity contribution in [3.8, 4) is 5.75 Å². The number of hydrogen-bond donors (Lipinski definition) is 2. The molecule has 0 radical (unpaired) electrons. The normalized spacial score (nSPS) is 23.7. The summed E-state index contributed by atoms with van der Waals surface area (Å²) in [5, 5.41) is 13.4. The summed E-state index contributed by atoms with van der Waals surface area (Å²) in [5.41, 5.74) is 0.961. The number of nitrogens with zero attached hydrogens (tertiary/aromatic N) is 1. The second-order valence-electron chi connectivity index (χ2n) is 6.85. The third kappa shape index (κ3) is 4.69. The van der Waals surface area contributed by atoms with Crippen molar-refractivity contribution in [3.05, 3.63) is 28.2 Å². The zero-order valence-electron chi connectivity index (χ0n) is 13.9. The third-order valence-corrected chi connectivity index (χ3v) is 4.68. The smallest absolute Gasteiger partial charge is 0.120 e. The Morgan fingerprint density at radius 3 is 2.59 bits per heavy atom. The Balaban J connectivity index is 1.90. The average Bonchev–Trinajstić information content (AvgIpc) is 2.41.